The Bertz CT molecular complexity index is 436. The Labute approximate surface area is 122 Å². The molecule has 4 heteroatoms. The number of urea groups is 1. The fourth-order valence-electron chi connectivity index (χ4n) is 2.29. The van der Waals surface area contributed by atoms with Crippen molar-refractivity contribution < 1.29 is 4.79 Å². The molecule has 1 aliphatic carbocycles. The molecule has 102 valence electrons. The van der Waals surface area contributed by atoms with E-state index in [-0.39, 0.29) is 6.03 Å². The van der Waals surface area contributed by atoms with Crippen molar-refractivity contribution in [3.05, 3.63) is 41.0 Å². The molecule has 2 N–H and O–H groups in total. The van der Waals surface area contributed by atoms with Crippen LogP contribution in [0.2, 0.25) is 0 Å². The van der Waals surface area contributed by atoms with E-state index in [1.165, 1.54) is 32.1 Å². The van der Waals surface area contributed by atoms with Gasteiger partial charge in [-0.2, -0.15) is 0 Å². The summed E-state index contributed by atoms with van der Waals surface area (Å²) in [7, 11) is 0. The van der Waals surface area contributed by atoms with Crippen molar-refractivity contribution in [2.24, 2.45) is 5.92 Å². The lowest BCUT2D eigenvalue weighted by Gasteiger charge is -2.17. The number of allylic oxidation sites excluding steroid dienone is 1. The second-order valence-electron chi connectivity index (χ2n) is 4.86. The van der Waals surface area contributed by atoms with Crippen LogP contribution in [0, 0.1) is 5.92 Å². The quantitative estimate of drug-likeness (QED) is 0.834. The lowest BCUT2D eigenvalue weighted by Crippen LogP contribution is -2.24. The van der Waals surface area contributed by atoms with Crippen molar-refractivity contribution in [1.29, 1.82) is 0 Å². The van der Waals surface area contributed by atoms with Crippen LogP contribution < -0.4 is 10.6 Å². The molecular weight excluding hydrogens is 304 g/mol. The number of carbonyl (C=O) groups excluding carboxylic acids is 1. The average Bonchev–Trinajstić information content (AvgIpc) is 2.43. The lowest BCUT2D eigenvalue weighted by molar-refractivity contribution is 0.255. The predicted octanol–water partition coefficient (Wildman–Crippen LogP) is 4.66. The number of amides is 2. The normalized spacial score (nSPS) is 16.5. The lowest BCUT2D eigenvalue weighted by atomic mass is 9.89. The van der Waals surface area contributed by atoms with Gasteiger partial charge in [0.1, 0.15) is 0 Å². The standard InChI is InChI=1S/C15H19BrN2O/c16-13-6-8-14(9-7-13)18-15(19)17-11-10-12-4-2-1-3-5-12/h6-12H,1-5H2,(H2,17,18,19)/b11-10+. The monoisotopic (exact) mass is 322 g/mol. The Kier molecular flexibility index (Phi) is 5.45. The van der Waals surface area contributed by atoms with Crippen LogP contribution >= 0.6 is 15.9 Å². The number of anilines is 1. The van der Waals surface area contributed by atoms with Gasteiger partial charge in [0.2, 0.25) is 0 Å². The van der Waals surface area contributed by atoms with Crippen LogP contribution in [0.15, 0.2) is 41.0 Å². The molecule has 2 amide bonds. The highest BCUT2D eigenvalue weighted by Gasteiger charge is 2.09. The minimum Gasteiger partial charge on any atom is -0.315 e. The van der Waals surface area contributed by atoms with Crippen LogP contribution in [-0.4, -0.2) is 6.03 Å². The van der Waals surface area contributed by atoms with Gasteiger partial charge in [-0.1, -0.05) is 41.3 Å². The molecule has 3 nitrogen and oxygen atoms in total. The molecule has 1 aliphatic rings. The first kappa shape index (κ1) is 14.1. The number of rotatable bonds is 3. The smallest absolute Gasteiger partial charge is 0.315 e. The molecule has 1 aromatic rings. The molecule has 0 spiro atoms. The Morgan fingerprint density at radius 1 is 1.16 bits per heavy atom. The van der Waals surface area contributed by atoms with E-state index in [0.717, 1.165) is 10.2 Å². The van der Waals surface area contributed by atoms with E-state index in [1.807, 2.05) is 24.3 Å². The van der Waals surface area contributed by atoms with Gasteiger partial charge < -0.3 is 10.6 Å². The van der Waals surface area contributed by atoms with Crippen LogP contribution in [0.1, 0.15) is 32.1 Å². The fourth-order valence-corrected chi connectivity index (χ4v) is 2.55. The van der Waals surface area contributed by atoms with Crippen LogP contribution in [0.3, 0.4) is 0 Å². The largest absolute Gasteiger partial charge is 0.323 e. The van der Waals surface area contributed by atoms with Gasteiger partial charge in [-0.05, 0) is 43.0 Å². The maximum atomic E-state index is 11.7. The van der Waals surface area contributed by atoms with Gasteiger partial charge in [0.25, 0.3) is 0 Å². The number of halogens is 1. The van der Waals surface area contributed by atoms with Crippen molar-refractivity contribution in [2.75, 3.05) is 5.32 Å². The summed E-state index contributed by atoms with van der Waals surface area (Å²) in [6.07, 6.45) is 10.3. The zero-order chi connectivity index (χ0) is 13.5. The van der Waals surface area contributed by atoms with Crippen LogP contribution in [-0.2, 0) is 0 Å². The molecule has 0 radical (unpaired) electrons. The first-order valence-corrected chi connectivity index (χ1v) is 7.53. The first-order chi connectivity index (χ1) is 9.24. The van der Waals surface area contributed by atoms with Crippen LogP contribution in [0.5, 0.6) is 0 Å². The van der Waals surface area contributed by atoms with Crippen LogP contribution in [0.4, 0.5) is 10.5 Å². The summed E-state index contributed by atoms with van der Waals surface area (Å²) in [6.45, 7) is 0. The van der Waals surface area contributed by atoms with E-state index in [9.17, 15) is 4.79 Å². The van der Waals surface area contributed by atoms with Gasteiger partial charge in [-0.15, -0.1) is 0 Å². The Morgan fingerprint density at radius 3 is 2.53 bits per heavy atom. The van der Waals surface area contributed by atoms with E-state index in [0.29, 0.717) is 5.92 Å². The topological polar surface area (TPSA) is 41.1 Å². The highest BCUT2D eigenvalue weighted by molar-refractivity contribution is 9.10. The SMILES string of the molecule is O=C(N/C=C/C1CCCCC1)Nc1ccc(Br)cc1. The van der Waals surface area contributed by atoms with E-state index in [1.54, 1.807) is 6.20 Å². The summed E-state index contributed by atoms with van der Waals surface area (Å²) in [5.41, 5.74) is 0.784. The molecule has 1 aromatic carbocycles. The molecule has 0 aliphatic heterocycles. The van der Waals surface area contributed by atoms with Gasteiger partial charge in [0, 0.05) is 16.4 Å². The number of hydrogen-bond donors (Lipinski definition) is 2. The summed E-state index contributed by atoms with van der Waals surface area (Å²) < 4.78 is 0.996. The molecule has 0 saturated heterocycles. The summed E-state index contributed by atoms with van der Waals surface area (Å²) >= 11 is 3.36. The third-order valence-electron chi connectivity index (χ3n) is 3.33. The molecule has 1 fully saturated rings. The van der Waals surface area contributed by atoms with Gasteiger partial charge >= 0.3 is 6.03 Å². The third kappa shape index (κ3) is 5.07. The zero-order valence-electron chi connectivity index (χ0n) is 10.9. The zero-order valence-corrected chi connectivity index (χ0v) is 12.4. The highest BCUT2D eigenvalue weighted by Crippen LogP contribution is 2.24. The van der Waals surface area contributed by atoms with Crippen molar-refractivity contribution >= 4 is 27.6 Å². The molecule has 0 aromatic heterocycles. The second-order valence-corrected chi connectivity index (χ2v) is 5.78. The van der Waals surface area contributed by atoms with Crippen LogP contribution in [0.25, 0.3) is 0 Å². The molecule has 0 heterocycles. The first-order valence-electron chi connectivity index (χ1n) is 6.74. The Hall–Kier alpha value is -1.29. The molecule has 0 atom stereocenters. The number of hydrogen-bond acceptors (Lipinski definition) is 1. The summed E-state index contributed by atoms with van der Waals surface area (Å²) in [6, 6.07) is 7.30. The Balaban J connectivity index is 1.74. The summed E-state index contributed by atoms with van der Waals surface area (Å²) in [5.74, 6) is 0.627. The number of carbonyl (C=O) groups is 1. The van der Waals surface area contributed by atoms with E-state index in [4.69, 9.17) is 0 Å². The number of nitrogens with one attached hydrogen (secondary N) is 2. The van der Waals surface area contributed by atoms with Gasteiger partial charge in [0.15, 0.2) is 0 Å². The van der Waals surface area contributed by atoms with Gasteiger partial charge in [-0.3, -0.25) is 0 Å². The third-order valence-corrected chi connectivity index (χ3v) is 3.86. The molecule has 0 unspecified atom stereocenters. The molecule has 19 heavy (non-hydrogen) atoms. The highest BCUT2D eigenvalue weighted by atomic mass is 79.9. The maximum absolute atomic E-state index is 11.7. The average molecular weight is 323 g/mol. The molecule has 1 saturated carbocycles. The van der Waals surface area contributed by atoms with Gasteiger partial charge in [-0.25, -0.2) is 4.79 Å². The van der Waals surface area contributed by atoms with E-state index in [2.05, 4.69) is 32.6 Å². The number of benzene rings is 1. The van der Waals surface area contributed by atoms with Gasteiger partial charge in [0.05, 0.1) is 0 Å². The fraction of sp³-hybridized carbons (Fsp3) is 0.400. The molecule has 2 rings (SSSR count). The minimum absolute atomic E-state index is 0.200. The Morgan fingerprint density at radius 2 is 1.84 bits per heavy atom. The maximum Gasteiger partial charge on any atom is 0.323 e. The summed E-state index contributed by atoms with van der Waals surface area (Å²) in [4.78, 5) is 11.7. The molecular formula is C15H19BrN2O. The van der Waals surface area contributed by atoms with Crippen molar-refractivity contribution in [1.82, 2.24) is 5.32 Å². The molecule has 0 bridgehead atoms. The van der Waals surface area contributed by atoms with Crippen molar-refractivity contribution in [2.45, 2.75) is 32.1 Å². The van der Waals surface area contributed by atoms with E-state index >= 15 is 0 Å². The minimum atomic E-state index is -0.200. The van der Waals surface area contributed by atoms with E-state index < -0.39 is 0 Å². The summed E-state index contributed by atoms with van der Waals surface area (Å²) in [5, 5.41) is 5.54. The second kappa shape index (κ2) is 7.34. The van der Waals surface area contributed by atoms with Crippen molar-refractivity contribution in [3.8, 4) is 0 Å². The predicted molar refractivity (Wildman–Crippen MR) is 82.0 cm³/mol. The van der Waals surface area contributed by atoms with Crippen molar-refractivity contribution in [3.63, 3.8) is 0 Å².